The monoisotopic (exact) mass is 376 g/mol. The first-order valence-corrected chi connectivity index (χ1v) is 10.2. The van der Waals surface area contributed by atoms with Gasteiger partial charge in [-0.3, -0.25) is 5.43 Å². The molecule has 0 spiro atoms. The normalized spacial score (nSPS) is 17.6. The highest BCUT2D eigenvalue weighted by Gasteiger charge is 2.24. The van der Waals surface area contributed by atoms with E-state index in [0.717, 1.165) is 18.8 Å². The van der Waals surface area contributed by atoms with Gasteiger partial charge in [-0.1, -0.05) is 48.7 Å². The number of hydrogen-bond donors (Lipinski definition) is 1. The fraction of sp³-hybridized carbons (Fsp3) is 0.440. The molecule has 0 saturated carbocycles. The standard InChI is InChI=1S/C25H32N2O/c1-5-16-25(2,3)22-14-15-24(28-4)21(18-22)19-26-27-17-10-9-13-23(27)20-11-7-6-8-12-20/h6-8,11-12,14-15,18,23,26H,9-10,13,17,19H2,1-4H3. The molecule has 1 aliphatic heterocycles. The zero-order valence-electron chi connectivity index (χ0n) is 17.6. The number of benzene rings is 2. The number of methoxy groups -OCH3 is 1. The van der Waals surface area contributed by atoms with Gasteiger partial charge >= 0.3 is 0 Å². The van der Waals surface area contributed by atoms with E-state index in [1.807, 2.05) is 6.92 Å². The van der Waals surface area contributed by atoms with Crippen molar-refractivity contribution < 1.29 is 4.74 Å². The van der Waals surface area contributed by atoms with Crippen LogP contribution in [0.5, 0.6) is 5.75 Å². The molecule has 1 atom stereocenters. The van der Waals surface area contributed by atoms with Crippen molar-refractivity contribution in [2.75, 3.05) is 13.7 Å². The third kappa shape index (κ3) is 4.76. The second-order valence-corrected chi connectivity index (χ2v) is 7.98. The van der Waals surface area contributed by atoms with Crippen molar-refractivity contribution in [3.63, 3.8) is 0 Å². The van der Waals surface area contributed by atoms with Crippen LogP contribution in [0.1, 0.15) is 62.8 Å². The average Bonchev–Trinajstić information content (AvgIpc) is 2.73. The minimum absolute atomic E-state index is 0.173. The van der Waals surface area contributed by atoms with Gasteiger partial charge < -0.3 is 4.74 Å². The summed E-state index contributed by atoms with van der Waals surface area (Å²) in [4.78, 5) is 0. The summed E-state index contributed by atoms with van der Waals surface area (Å²) in [5.41, 5.74) is 7.29. The van der Waals surface area contributed by atoms with Crippen LogP contribution in [0.4, 0.5) is 0 Å². The van der Waals surface area contributed by atoms with E-state index in [0.29, 0.717) is 6.04 Å². The number of nitrogens with one attached hydrogen (secondary N) is 1. The number of piperidine rings is 1. The third-order valence-electron chi connectivity index (χ3n) is 5.60. The summed E-state index contributed by atoms with van der Waals surface area (Å²) >= 11 is 0. The van der Waals surface area contributed by atoms with E-state index < -0.39 is 0 Å². The van der Waals surface area contributed by atoms with Gasteiger partial charge in [0, 0.05) is 24.7 Å². The zero-order valence-corrected chi connectivity index (χ0v) is 17.6. The van der Waals surface area contributed by atoms with Crippen LogP contribution in [0.15, 0.2) is 48.5 Å². The molecule has 1 fully saturated rings. The Labute approximate surface area is 170 Å². The molecule has 2 aromatic rings. The molecule has 0 bridgehead atoms. The highest BCUT2D eigenvalue weighted by atomic mass is 16.5. The fourth-order valence-corrected chi connectivity index (χ4v) is 4.02. The Kier molecular flexibility index (Phi) is 6.78. The summed E-state index contributed by atoms with van der Waals surface area (Å²) in [6.45, 7) is 8.04. The van der Waals surface area contributed by atoms with Crippen LogP contribution in [0, 0.1) is 11.8 Å². The van der Waals surface area contributed by atoms with E-state index in [2.05, 4.69) is 84.7 Å². The smallest absolute Gasteiger partial charge is 0.123 e. The van der Waals surface area contributed by atoms with Crippen LogP contribution in [-0.2, 0) is 12.0 Å². The third-order valence-corrected chi connectivity index (χ3v) is 5.60. The Hall–Kier alpha value is -2.28. The average molecular weight is 377 g/mol. The van der Waals surface area contributed by atoms with Crippen molar-refractivity contribution in [1.82, 2.24) is 10.4 Å². The molecular weight excluding hydrogens is 344 g/mol. The molecule has 3 heteroatoms. The molecule has 1 unspecified atom stereocenters. The summed E-state index contributed by atoms with van der Waals surface area (Å²) in [6, 6.07) is 17.7. The van der Waals surface area contributed by atoms with Crippen LogP contribution >= 0.6 is 0 Å². The molecule has 0 radical (unpaired) electrons. The van der Waals surface area contributed by atoms with Crippen LogP contribution in [0.3, 0.4) is 0 Å². The number of rotatable bonds is 6. The number of ether oxygens (including phenoxy) is 1. The molecule has 0 amide bonds. The van der Waals surface area contributed by atoms with Crippen molar-refractivity contribution in [1.29, 1.82) is 0 Å². The lowest BCUT2D eigenvalue weighted by atomic mass is 9.84. The first-order chi connectivity index (χ1) is 13.5. The zero-order chi connectivity index (χ0) is 20.0. The Balaban J connectivity index is 1.79. The molecular formula is C25H32N2O. The predicted octanol–water partition coefficient (Wildman–Crippen LogP) is 5.23. The van der Waals surface area contributed by atoms with E-state index in [9.17, 15) is 0 Å². The lowest BCUT2D eigenvalue weighted by Crippen LogP contribution is -2.43. The fourth-order valence-electron chi connectivity index (χ4n) is 4.02. The van der Waals surface area contributed by atoms with E-state index in [4.69, 9.17) is 4.74 Å². The SMILES string of the molecule is CC#CC(C)(C)c1ccc(OC)c(CNN2CCCCC2c2ccccc2)c1. The van der Waals surface area contributed by atoms with Crippen LogP contribution in [-0.4, -0.2) is 18.7 Å². The molecule has 148 valence electrons. The number of nitrogens with zero attached hydrogens (tertiary/aromatic N) is 1. The summed E-state index contributed by atoms with van der Waals surface area (Å²) in [5, 5.41) is 2.40. The molecule has 1 saturated heterocycles. The molecule has 1 N–H and O–H groups in total. The first kappa shape index (κ1) is 20.5. The van der Waals surface area contributed by atoms with Gasteiger partial charge in [-0.25, -0.2) is 5.01 Å². The number of hydrogen-bond acceptors (Lipinski definition) is 3. The summed E-state index contributed by atoms with van der Waals surface area (Å²) in [7, 11) is 1.74. The van der Waals surface area contributed by atoms with Gasteiger partial charge in [-0.15, -0.1) is 5.92 Å². The van der Waals surface area contributed by atoms with Gasteiger partial charge in [0.05, 0.1) is 12.5 Å². The minimum Gasteiger partial charge on any atom is -0.496 e. The Morgan fingerprint density at radius 2 is 1.93 bits per heavy atom. The molecule has 1 aliphatic rings. The molecule has 1 heterocycles. The molecule has 0 aliphatic carbocycles. The first-order valence-electron chi connectivity index (χ1n) is 10.2. The Morgan fingerprint density at radius 3 is 2.64 bits per heavy atom. The summed E-state index contributed by atoms with van der Waals surface area (Å²) < 4.78 is 5.63. The highest BCUT2D eigenvalue weighted by Crippen LogP contribution is 2.31. The summed E-state index contributed by atoms with van der Waals surface area (Å²) in [5.74, 6) is 7.29. The minimum atomic E-state index is -0.173. The van der Waals surface area contributed by atoms with Gasteiger partial charge in [-0.05, 0) is 56.9 Å². The largest absolute Gasteiger partial charge is 0.496 e. The van der Waals surface area contributed by atoms with Crippen molar-refractivity contribution in [2.24, 2.45) is 0 Å². The maximum absolute atomic E-state index is 5.63. The lowest BCUT2D eigenvalue weighted by molar-refractivity contribution is 0.0821. The van der Waals surface area contributed by atoms with Crippen molar-refractivity contribution in [2.45, 2.75) is 58.0 Å². The van der Waals surface area contributed by atoms with Gasteiger partial charge in [-0.2, -0.15) is 0 Å². The molecule has 3 rings (SSSR count). The van der Waals surface area contributed by atoms with Crippen molar-refractivity contribution >= 4 is 0 Å². The molecule has 3 nitrogen and oxygen atoms in total. The van der Waals surface area contributed by atoms with Gasteiger partial charge in [0.15, 0.2) is 0 Å². The maximum Gasteiger partial charge on any atom is 0.123 e. The quantitative estimate of drug-likeness (QED) is 0.699. The second kappa shape index (κ2) is 9.28. The van der Waals surface area contributed by atoms with Crippen molar-refractivity contribution in [3.05, 3.63) is 65.2 Å². The van der Waals surface area contributed by atoms with Crippen molar-refractivity contribution in [3.8, 4) is 17.6 Å². The molecule has 28 heavy (non-hydrogen) atoms. The van der Waals surface area contributed by atoms with E-state index in [-0.39, 0.29) is 5.41 Å². The maximum atomic E-state index is 5.63. The summed E-state index contributed by atoms with van der Waals surface area (Å²) in [6.07, 6.45) is 3.69. The molecule has 2 aromatic carbocycles. The number of hydrazine groups is 1. The van der Waals surface area contributed by atoms with Gasteiger partial charge in [0.25, 0.3) is 0 Å². The van der Waals surface area contributed by atoms with E-state index in [1.165, 1.54) is 36.0 Å². The predicted molar refractivity (Wildman–Crippen MR) is 116 cm³/mol. The second-order valence-electron chi connectivity index (χ2n) is 7.98. The Bertz CT molecular complexity index is 833. The van der Waals surface area contributed by atoms with E-state index in [1.54, 1.807) is 7.11 Å². The lowest BCUT2D eigenvalue weighted by Gasteiger charge is -2.36. The van der Waals surface area contributed by atoms with Gasteiger partial charge in [0.2, 0.25) is 0 Å². The van der Waals surface area contributed by atoms with Crippen LogP contribution in [0.25, 0.3) is 0 Å². The highest BCUT2D eigenvalue weighted by molar-refractivity contribution is 5.43. The Morgan fingerprint density at radius 1 is 1.14 bits per heavy atom. The molecule has 0 aromatic heterocycles. The van der Waals surface area contributed by atoms with Crippen LogP contribution in [0.2, 0.25) is 0 Å². The topological polar surface area (TPSA) is 24.5 Å². The van der Waals surface area contributed by atoms with Crippen LogP contribution < -0.4 is 10.2 Å². The van der Waals surface area contributed by atoms with Gasteiger partial charge in [0.1, 0.15) is 5.75 Å². The van der Waals surface area contributed by atoms with E-state index >= 15 is 0 Å².